The van der Waals surface area contributed by atoms with E-state index in [-0.39, 0.29) is 11.7 Å². The molecule has 1 rings (SSSR count). The number of ether oxygens (including phenoxy) is 1. The predicted molar refractivity (Wildman–Crippen MR) is 74.1 cm³/mol. The molecule has 0 amide bonds. The van der Waals surface area contributed by atoms with Crippen LogP contribution in [0.1, 0.15) is 57.6 Å². The Labute approximate surface area is 113 Å². The Balaban J connectivity index is 1.97. The van der Waals surface area contributed by atoms with Crippen LogP contribution in [0.2, 0.25) is 0 Å². The maximum Gasteiger partial charge on any atom is 0.323 e. The van der Waals surface area contributed by atoms with E-state index in [0.29, 0.717) is 19.4 Å². The van der Waals surface area contributed by atoms with Crippen LogP contribution in [0.3, 0.4) is 0 Å². The average molecular weight is 268 g/mol. The lowest BCUT2D eigenvalue weighted by molar-refractivity contribution is -0.143. The van der Waals surface area contributed by atoms with Crippen LogP contribution in [0.25, 0.3) is 0 Å². The van der Waals surface area contributed by atoms with E-state index in [4.69, 9.17) is 4.74 Å². The minimum absolute atomic E-state index is 0.199. The third-order valence-corrected chi connectivity index (χ3v) is 3.01. The SMILES string of the molecule is CCCCCCCCOC(=O)CCc1c[nH]c(=O)[nH]1. The number of aromatic amines is 2. The molecule has 0 bridgehead atoms. The van der Waals surface area contributed by atoms with Crippen LogP contribution in [-0.2, 0) is 16.0 Å². The van der Waals surface area contributed by atoms with E-state index in [1.54, 1.807) is 6.20 Å². The van der Waals surface area contributed by atoms with Crippen molar-refractivity contribution in [3.8, 4) is 0 Å². The Morgan fingerprint density at radius 1 is 1.21 bits per heavy atom. The molecule has 0 aliphatic carbocycles. The summed E-state index contributed by atoms with van der Waals surface area (Å²) in [7, 11) is 0. The summed E-state index contributed by atoms with van der Waals surface area (Å²) in [5.74, 6) is -0.199. The minimum Gasteiger partial charge on any atom is -0.466 e. The Morgan fingerprint density at radius 2 is 1.95 bits per heavy atom. The molecule has 1 heterocycles. The standard InChI is InChI=1S/C14H24N2O3/c1-2-3-4-5-6-7-10-19-13(17)9-8-12-11-15-14(18)16-12/h11H,2-10H2,1H3,(H2,15,16,18). The summed E-state index contributed by atoms with van der Waals surface area (Å²) in [6.07, 6.45) is 9.49. The number of hydrogen-bond donors (Lipinski definition) is 2. The molecule has 0 spiro atoms. The summed E-state index contributed by atoms with van der Waals surface area (Å²) >= 11 is 0. The van der Waals surface area contributed by atoms with Crippen molar-refractivity contribution in [2.75, 3.05) is 6.61 Å². The Bertz CT molecular complexity index is 409. The number of H-pyrrole nitrogens is 2. The second-order valence-electron chi connectivity index (χ2n) is 4.76. The lowest BCUT2D eigenvalue weighted by Crippen LogP contribution is -2.08. The zero-order chi connectivity index (χ0) is 13.9. The number of imidazole rings is 1. The topological polar surface area (TPSA) is 75.0 Å². The van der Waals surface area contributed by atoms with Crippen molar-refractivity contribution in [1.29, 1.82) is 0 Å². The first-order chi connectivity index (χ1) is 9.22. The van der Waals surface area contributed by atoms with Crippen molar-refractivity contribution in [1.82, 2.24) is 9.97 Å². The van der Waals surface area contributed by atoms with Gasteiger partial charge >= 0.3 is 11.7 Å². The summed E-state index contributed by atoms with van der Waals surface area (Å²) in [4.78, 5) is 27.4. The fourth-order valence-electron chi connectivity index (χ4n) is 1.88. The van der Waals surface area contributed by atoms with Crippen molar-refractivity contribution in [3.63, 3.8) is 0 Å². The average Bonchev–Trinajstić information content (AvgIpc) is 2.81. The number of unbranched alkanes of at least 4 members (excludes halogenated alkanes) is 5. The van der Waals surface area contributed by atoms with Crippen LogP contribution in [0.15, 0.2) is 11.0 Å². The van der Waals surface area contributed by atoms with Crippen molar-refractivity contribution in [2.45, 2.75) is 58.3 Å². The van der Waals surface area contributed by atoms with Crippen molar-refractivity contribution < 1.29 is 9.53 Å². The molecule has 0 atom stereocenters. The second kappa shape index (κ2) is 9.42. The maximum atomic E-state index is 11.4. The predicted octanol–water partition coefficient (Wildman–Crippen LogP) is 2.54. The molecule has 1 aromatic rings. The molecule has 19 heavy (non-hydrogen) atoms. The smallest absolute Gasteiger partial charge is 0.323 e. The van der Waals surface area contributed by atoms with Gasteiger partial charge in [0.2, 0.25) is 0 Å². The van der Waals surface area contributed by atoms with Gasteiger partial charge in [0, 0.05) is 11.9 Å². The summed E-state index contributed by atoms with van der Waals surface area (Å²) < 4.78 is 5.14. The maximum absolute atomic E-state index is 11.4. The molecule has 108 valence electrons. The van der Waals surface area contributed by atoms with E-state index in [0.717, 1.165) is 18.5 Å². The molecule has 5 heteroatoms. The van der Waals surface area contributed by atoms with Crippen molar-refractivity contribution in [2.24, 2.45) is 0 Å². The van der Waals surface area contributed by atoms with E-state index in [9.17, 15) is 9.59 Å². The molecule has 0 aliphatic heterocycles. The van der Waals surface area contributed by atoms with Gasteiger partial charge in [0.15, 0.2) is 0 Å². The number of hydrogen-bond acceptors (Lipinski definition) is 3. The van der Waals surface area contributed by atoms with Gasteiger partial charge in [-0.2, -0.15) is 0 Å². The third kappa shape index (κ3) is 7.49. The molecule has 0 aliphatic rings. The highest BCUT2D eigenvalue weighted by Gasteiger charge is 2.04. The molecule has 5 nitrogen and oxygen atoms in total. The second-order valence-corrected chi connectivity index (χ2v) is 4.76. The van der Waals surface area contributed by atoms with Crippen LogP contribution in [0, 0.1) is 0 Å². The number of carbonyl (C=O) groups excluding carboxylic acids is 1. The molecule has 0 radical (unpaired) electrons. The van der Waals surface area contributed by atoms with Crippen LogP contribution in [-0.4, -0.2) is 22.5 Å². The third-order valence-electron chi connectivity index (χ3n) is 3.01. The fourth-order valence-corrected chi connectivity index (χ4v) is 1.88. The first kappa shape index (κ1) is 15.5. The Hall–Kier alpha value is -1.52. The van der Waals surface area contributed by atoms with Crippen molar-refractivity contribution >= 4 is 5.97 Å². The van der Waals surface area contributed by atoms with E-state index >= 15 is 0 Å². The molecule has 1 aromatic heterocycles. The van der Waals surface area contributed by atoms with E-state index in [2.05, 4.69) is 16.9 Å². The van der Waals surface area contributed by atoms with Gasteiger partial charge in [-0.25, -0.2) is 4.79 Å². The molecule has 0 saturated heterocycles. The first-order valence-corrected chi connectivity index (χ1v) is 7.14. The number of rotatable bonds is 10. The minimum atomic E-state index is -0.240. The molecular weight excluding hydrogens is 244 g/mol. The van der Waals surface area contributed by atoms with Crippen LogP contribution in [0.4, 0.5) is 0 Å². The summed E-state index contributed by atoms with van der Waals surface area (Å²) in [6.45, 7) is 2.70. The zero-order valence-corrected chi connectivity index (χ0v) is 11.7. The summed E-state index contributed by atoms with van der Waals surface area (Å²) in [6, 6.07) is 0. The summed E-state index contributed by atoms with van der Waals surface area (Å²) in [5.41, 5.74) is 0.497. The Morgan fingerprint density at radius 3 is 2.63 bits per heavy atom. The molecule has 0 aromatic carbocycles. The van der Waals surface area contributed by atoms with E-state index in [1.165, 1.54) is 25.7 Å². The van der Waals surface area contributed by atoms with Crippen LogP contribution in [0.5, 0.6) is 0 Å². The van der Waals surface area contributed by atoms with Gasteiger partial charge in [0.05, 0.1) is 13.0 Å². The van der Waals surface area contributed by atoms with E-state index in [1.807, 2.05) is 0 Å². The number of aryl methyl sites for hydroxylation is 1. The number of esters is 1. The number of carbonyl (C=O) groups is 1. The molecule has 0 unspecified atom stereocenters. The van der Waals surface area contributed by atoms with Crippen LogP contribution >= 0.6 is 0 Å². The Kier molecular flexibility index (Phi) is 7.70. The molecule has 0 saturated carbocycles. The normalized spacial score (nSPS) is 10.6. The lowest BCUT2D eigenvalue weighted by atomic mass is 10.1. The van der Waals surface area contributed by atoms with Crippen LogP contribution < -0.4 is 5.69 Å². The van der Waals surface area contributed by atoms with Gasteiger partial charge in [-0.15, -0.1) is 0 Å². The highest BCUT2D eigenvalue weighted by atomic mass is 16.5. The number of aromatic nitrogens is 2. The van der Waals surface area contributed by atoms with Gasteiger partial charge in [-0.3, -0.25) is 4.79 Å². The van der Waals surface area contributed by atoms with Crippen molar-refractivity contribution in [3.05, 3.63) is 22.4 Å². The van der Waals surface area contributed by atoms with E-state index < -0.39 is 0 Å². The largest absolute Gasteiger partial charge is 0.466 e. The van der Waals surface area contributed by atoms with Gasteiger partial charge in [0.1, 0.15) is 0 Å². The highest BCUT2D eigenvalue weighted by Crippen LogP contribution is 2.05. The molecule has 0 fully saturated rings. The summed E-state index contributed by atoms with van der Waals surface area (Å²) in [5, 5.41) is 0. The molecular formula is C14H24N2O3. The first-order valence-electron chi connectivity index (χ1n) is 7.14. The monoisotopic (exact) mass is 268 g/mol. The van der Waals surface area contributed by atoms with Gasteiger partial charge < -0.3 is 14.7 Å². The molecule has 2 N–H and O–H groups in total. The quantitative estimate of drug-likeness (QED) is 0.506. The lowest BCUT2D eigenvalue weighted by Gasteiger charge is -2.04. The zero-order valence-electron chi connectivity index (χ0n) is 11.7. The highest BCUT2D eigenvalue weighted by molar-refractivity contribution is 5.69. The van der Waals surface area contributed by atoms with Gasteiger partial charge in [-0.1, -0.05) is 39.0 Å². The van der Waals surface area contributed by atoms with Gasteiger partial charge in [0.25, 0.3) is 0 Å². The van der Waals surface area contributed by atoms with Gasteiger partial charge in [-0.05, 0) is 12.8 Å². The number of nitrogens with one attached hydrogen (secondary N) is 2. The fraction of sp³-hybridized carbons (Fsp3) is 0.714.